The lowest BCUT2D eigenvalue weighted by molar-refractivity contribution is 0.0925. The molecule has 1 heterocycles. The molecular weight excluding hydrogens is 292 g/mol. The van der Waals surface area contributed by atoms with Crippen molar-refractivity contribution in [3.63, 3.8) is 0 Å². The number of benzene rings is 1. The largest absolute Gasteiger partial charge is 0.348 e. The predicted octanol–water partition coefficient (Wildman–Crippen LogP) is 3.78. The van der Waals surface area contributed by atoms with E-state index in [9.17, 15) is 4.79 Å². The van der Waals surface area contributed by atoms with E-state index in [1.54, 1.807) is 0 Å². The van der Waals surface area contributed by atoms with Crippen LogP contribution in [-0.4, -0.2) is 29.4 Å². The topological polar surface area (TPSA) is 32.3 Å². The molecule has 0 fully saturated rings. The molecule has 0 spiro atoms. The summed E-state index contributed by atoms with van der Waals surface area (Å²) in [5, 5.41) is 5.01. The maximum Gasteiger partial charge on any atom is 0.261 e. The number of nitrogens with one attached hydrogen (secondary N) is 1. The van der Waals surface area contributed by atoms with Crippen LogP contribution in [0.15, 0.2) is 47.8 Å². The van der Waals surface area contributed by atoms with Crippen LogP contribution in [0.5, 0.6) is 0 Å². The van der Waals surface area contributed by atoms with E-state index in [1.807, 2.05) is 23.6 Å². The number of nitrogens with zero attached hydrogens (tertiary/aromatic N) is 1. The molecular formula is C18H24N2OS. The highest BCUT2D eigenvalue weighted by Gasteiger charge is 2.16. The van der Waals surface area contributed by atoms with Crippen LogP contribution >= 0.6 is 11.3 Å². The summed E-state index contributed by atoms with van der Waals surface area (Å²) in [6.45, 7) is 8.18. The van der Waals surface area contributed by atoms with Gasteiger partial charge in [-0.25, -0.2) is 0 Å². The fourth-order valence-electron chi connectivity index (χ4n) is 2.38. The smallest absolute Gasteiger partial charge is 0.261 e. The minimum Gasteiger partial charge on any atom is -0.348 e. The number of thiophene rings is 1. The van der Waals surface area contributed by atoms with E-state index < -0.39 is 0 Å². The molecule has 2 rings (SSSR count). The highest BCUT2D eigenvalue weighted by Crippen LogP contribution is 2.11. The van der Waals surface area contributed by atoms with Crippen molar-refractivity contribution in [3.8, 4) is 0 Å². The van der Waals surface area contributed by atoms with Gasteiger partial charge in [-0.05, 0) is 37.8 Å². The van der Waals surface area contributed by atoms with Gasteiger partial charge in [0.2, 0.25) is 0 Å². The van der Waals surface area contributed by atoms with Crippen LogP contribution < -0.4 is 5.32 Å². The number of carbonyl (C=O) groups excluding carboxylic acids is 1. The quantitative estimate of drug-likeness (QED) is 0.843. The fraction of sp³-hybridized carbons (Fsp3) is 0.389. The van der Waals surface area contributed by atoms with Crippen LogP contribution in [0.4, 0.5) is 0 Å². The molecule has 22 heavy (non-hydrogen) atoms. The molecule has 0 bridgehead atoms. The van der Waals surface area contributed by atoms with Crippen LogP contribution in [0, 0.1) is 0 Å². The SMILES string of the molecule is CC(CN(Cc1ccccc1)C(C)C)NC(=O)c1cccs1. The van der Waals surface area contributed by atoms with Crippen LogP contribution in [-0.2, 0) is 6.54 Å². The highest BCUT2D eigenvalue weighted by atomic mass is 32.1. The Morgan fingerprint density at radius 1 is 1.14 bits per heavy atom. The van der Waals surface area contributed by atoms with Gasteiger partial charge < -0.3 is 5.32 Å². The van der Waals surface area contributed by atoms with Crippen LogP contribution in [0.1, 0.15) is 36.0 Å². The Kier molecular flexibility index (Phi) is 6.16. The predicted molar refractivity (Wildman–Crippen MR) is 93.2 cm³/mol. The molecule has 0 aliphatic heterocycles. The lowest BCUT2D eigenvalue weighted by Crippen LogP contribution is -2.44. The lowest BCUT2D eigenvalue weighted by Gasteiger charge is -2.29. The molecule has 2 aromatic rings. The van der Waals surface area contributed by atoms with Crippen LogP contribution in [0.25, 0.3) is 0 Å². The first-order chi connectivity index (χ1) is 10.6. The highest BCUT2D eigenvalue weighted by molar-refractivity contribution is 7.12. The number of carbonyl (C=O) groups is 1. The van der Waals surface area contributed by atoms with E-state index in [-0.39, 0.29) is 11.9 Å². The zero-order valence-corrected chi connectivity index (χ0v) is 14.3. The summed E-state index contributed by atoms with van der Waals surface area (Å²) in [6.07, 6.45) is 0. The second-order valence-electron chi connectivity index (χ2n) is 5.86. The summed E-state index contributed by atoms with van der Waals surface area (Å²) in [4.78, 5) is 15.3. The monoisotopic (exact) mass is 316 g/mol. The molecule has 1 N–H and O–H groups in total. The van der Waals surface area contributed by atoms with Crippen molar-refractivity contribution in [3.05, 3.63) is 58.3 Å². The Bertz CT molecular complexity index is 566. The summed E-state index contributed by atoms with van der Waals surface area (Å²) in [7, 11) is 0. The van der Waals surface area contributed by atoms with Gasteiger partial charge in [-0.2, -0.15) is 0 Å². The number of hydrogen-bond donors (Lipinski definition) is 1. The van der Waals surface area contributed by atoms with Crippen molar-refractivity contribution in [1.82, 2.24) is 10.2 Å². The van der Waals surface area contributed by atoms with Crippen molar-refractivity contribution < 1.29 is 4.79 Å². The van der Waals surface area contributed by atoms with Crippen molar-refractivity contribution in [2.75, 3.05) is 6.54 Å². The first-order valence-electron chi connectivity index (χ1n) is 7.68. The minimum atomic E-state index is 0.0194. The van der Waals surface area contributed by atoms with Crippen LogP contribution in [0.3, 0.4) is 0 Å². The van der Waals surface area contributed by atoms with E-state index in [0.29, 0.717) is 6.04 Å². The van der Waals surface area contributed by atoms with E-state index in [2.05, 4.69) is 55.3 Å². The Morgan fingerprint density at radius 2 is 1.86 bits per heavy atom. The molecule has 0 saturated heterocycles. The Morgan fingerprint density at radius 3 is 2.45 bits per heavy atom. The third kappa shape index (κ3) is 4.97. The van der Waals surface area contributed by atoms with Crippen molar-refractivity contribution in [2.45, 2.75) is 39.4 Å². The minimum absolute atomic E-state index is 0.0194. The van der Waals surface area contributed by atoms with Gasteiger partial charge in [0.15, 0.2) is 0 Å². The molecule has 118 valence electrons. The Labute approximate surface area is 137 Å². The van der Waals surface area contributed by atoms with Gasteiger partial charge in [0, 0.05) is 25.2 Å². The third-order valence-corrected chi connectivity index (χ3v) is 4.46. The summed E-state index contributed by atoms with van der Waals surface area (Å²) in [5.41, 5.74) is 1.30. The molecule has 0 saturated carbocycles. The van der Waals surface area contributed by atoms with Gasteiger partial charge in [0.05, 0.1) is 4.88 Å². The molecule has 1 amide bonds. The fourth-order valence-corrected chi connectivity index (χ4v) is 3.00. The molecule has 1 unspecified atom stereocenters. The molecule has 3 nitrogen and oxygen atoms in total. The summed E-state index contributed by atoms with van der Waals surface area (Å²) < 4.78 is 0. The molecule has 1 aromatic carbocycles. The maximum atomic E-state index is 12.1. The number of rotatable bonds is 7. The van der Waals surface area contributed by atoms with Crippen molar-refractivity contribution in [2.24, 2.45) is 0 Å². The number of amides is 1. The second-order valence-corrected chi connectivity index (χ2v) is 6.81. The standard InChI is InChI=1S/C18H24N2OS/c1-14(2)20(13-16-8-5-4-6-9-16)12-15(3)19-18(21)17-10-7-11-22-17/h4-11,14-15H,12-13H2,1-3H3,(H,19,21). The molecule has 0 aliphatic carbocycles. The van der Waals surface area contributed by atoms with Gasteiger partial charge >= 0.3 is 0 Å². The van der Waals surface area contributed by atoms with Gasteiger partial charge in [0.25, 0.3) is 5.91 Å². The van der Waals surface area contributed by atoms with E-state index in [0.717, 1.165) is 18.0 Å². The van der Waals surface area contributed by atoms with Gasteiger partial charge in [-0.15, -0.1) is 11.3 Å². The van der Waals surface area contributed by atoms with Gasteiger partial charge in [0.1, 0.15) is 0 Å². The second kappa shape index (κ2) is 8.11. The van der Waals surface area contributed by atoms with E-state index >= 15 is 0 Å². The Hall–Kier alpha value is -1.65. The first kappa shape index (κ1) is 16.7. The first-order valence-corrected chi connectivity index (χ1v) is 8.56. The average Bonchev–Trinajstić information content (AvgIpc) is 3.01. The van der Waals surface area contributed by atoms with Crippen molar-refractivity contribution in [1.29, 1.82) is 0 Å². The molecule has 1 aromatic heterocycles. The zero-order chi connectivity index (χ0) is 15.9. The average molecular weight is 316 g/mol. The van der Waals surface area contributed by atoms with E-state index in [4.69, 9.17) is 0 Å². The van der Waals surface area contributed by atoms with Gasteiger partial charge in [-0.3, -0.25) is 9.69 Å². The summed E-state index contributed by atoms with van der Waals surface area (Å²) in [6, 6.07) is 14.8. The summed E-state index contributed by atoms with van der Waals surface area (Å²) >= 11 is 1.48. The Balaban J connectivity index is 1.91. The normalized spacial score (nSPS) is 12.6. The van der Waals surface area contributed by atoms with Crippen molar-refractivity contribution >= 4 is 17.2 Å². The summed E-state index contributed by atoms with van der Waals surface area (Å²) in [5.74, 6) is 0.0194. The zero-order valence-electron chi connectivity index (χ0n) is 13.5. The van der Waals surface area contributed by atoms with Crippen LogP contribution in [0.2, 0.25) is 0 Å². The lowest BCUT2D eigenvalue weighted by atomic mass is 10.1. The molecule has 0 aliphatic rings. The third-order valence-electron chi connectivity index (χ3n) is 3.59. The molecule has 0 radical (unpaired) electrons. The molecule has 1 atom stereocenters. The maximum absolute atomic E-state index is 12.1. The van der Waals surface area contributed by atoms with E-state index in [1.165, 1.54) is 16.9 Å². The van der Waals surface area contributed by atoms with Gasteiger partial charge in [-0.1, -0.05) is 36.4 Å². The number of hydrogen-bond acceptors (Lipinski definition) is 3. The molecule has 4 heteroatoms.